The average molecular weight is 253 g/mol. The summed E-state index contributed by atoms with van der Waals surface area (Å²) in [7, 11) is 1.61. The molecule has 0 aliphatic heterocycles. The van der Waals surface area contributed by atoms with Crippen LogP contribution >= 0.6 is 0 Å². The molecule has 100 valence electrons. The van der Waals surface area contributed by atoms with E-state index in [2.05, 4.69) is 10.3 Å². The largest absolute Gasteiger partial charge is 0.382 e. The normalized spacial score (nSPS) is 10.3. The standard InChI is InChI=1S/C12H19N3O3/c1-17-6-7-18-5-4-14-12(16)11-3-2-10(8-13)9-15-11/h2-3,9H,4-8,13H2,1H3,(H,14,16). The van der Waals surface area contributed by atoms with E-state index in [1.165, 1.54) is 0 Å². The SMILES string of the molecule is COCCOCCNC(=O)c1ccc(CN)cn1. The highest BCUT2D eigenvalue weighted by Crippen LogP contribution is 1.98. The predicted octanol–water partition coefficient (Wildman–Crippen LogP) is -0.0669. The molecule has 0 aliphatic carbocycles. The van der Waals surface area contributed by atoms with Crippen molar-refractivity contribution in [3.8, 4) is 0 Å². The number of nitrogens with one attached hydrogen (secondary N) is 1. The number of nitrogens with zero attached hydrogens (tertiary/aromatic N) is 1. The molecule has 6 heteroatoms. The summed E-state index contributed by atoms with van der Waals surface area (Å²) in [5.41, 5.74) is 6.72. The molecule has 1 heterocycles. The van der Waals surface area contributed by atoms with Crippen LogP contribution in [0, 0.1) is 0 Å². The highest BCUT2D eigenvalue weighted by Gasteiger charge is 2.05. The van der Waals surface area contributed by atoms with Gasteiger partial charge in [0.15, 0.2) is 0 Å². The summed E-state index contributed by atoms with van der Waals surface area (Å²) < 4.78 is 10.0. The minimum absolute atomic E-state index is 0.214. The third-order valence-corrected chi connectivity index (χ3v) is 2.26. The molecule has 1 rings (SSSR count). The summed E-state index contributed by atoms with van der Waals surface area (Å²) in [6.07, 6.45) is 1.60. The number of carbonyl (C=O) groups excluding carboxylic acids is 1. The van der Waals surface area contributed by atoms with Gasteiger partial charge >= 0.3 is 0 Å². The molecule has 0 spiro atoms. The first-order valence-electron chi connectivity index (χ1n) is 5.77. The second-order valence-corrected chi connectivity index (χ2v) is 3.62. The molecule has 3 N–H and O–H groups in total. The molecule has 1 aromatic rings. The third kappa shape index (κ3) is 5.22. The Kier molecular flexibility index (Phi) is 6.93. The van der Waals surface area contributed by atoms with Crippen molar-refractivity contribution in [1.29, 1.82) is 0 Å². The summed E-state index contributed by atoms with van der Waals surface area (Å²) >= 11 is 0. The van der Waals surface area contributed by atoms with Crippen LogP contribution in [-0.4, -0.2) is 44.4 Å². The summed E-state index contributed by atoms with van der Waals surface area (Å²) in [4.78, 5) is 15.7. The van der Waals surface area contributed by atoms with E-state index in [9.17, 15) is 4.79 Å². The van der Waals surface area contributed by atoms with Gasteiger partial charge in [0.1, 0.15) is 5.69 Å². The number of ether oxygens (including phenoxy) is 2. The number of hydrogen-bond acceptors (Lipinski definition) is 5. The van der Waals surface area contributed by atoms with Crippen molar-refractivity contribution in [2.75, 3.05) is 33.5 Å². The predicted molar refractivity (Wildman–Crippen MR) is 67.2 cm³/mol. The molecule has 0 saturated carbocycles. The zero-order valence-electron chi connectivity index (χ0n) is 10.5. The van der Waals surface area contributed by atoms with E-state index in [0.717, 1.165) is 5.56 Å². The zero-order chi connectivity index (χ0) is 13.2. The van der Waals surface area contributed by atoms with Gasteiger partial charge in [0.25, 0.3) is 5.91 Å². The molecule has 6 nitrogen and oxygen atoms in total. The maximum Gasteiger partial charge on any atom is 0.269 e. The quantitative estimate of drug-likeness (QED) is 0.633. The van der Waals surface area contributed by atoms with Crippen molar-refractivity contribution in [2.45, 2.75) is 6.54 Å². The smallest absolute Gasteiger partial charge is 0.269 e. The van der Waals surface area contributed by atoms with Gasteiger partial charge < -0.3 is 20.5 Å². The highest BCUT2D eigenvalue weighted by atomic mass is 16.5. The average Bonchev–Trinajstić information content (AvgIpc) is 2.42. The van der Waals surface area contributed by atoms with Crippen LogP contribution in [0.2, 0.25) is 0 Å². The van der Waals surface area contributed by atoms with E-state index < -0.39 is 0 Å². The molecule has 1 aromatic heterocycles. The van der Waals surface area contributed by atoms with Crippen LogP contribution in [0.4, 0.5) is 0 Å². The van der Waals surface area contributed by atoms with Gasteiger partial charge in [-0.1, -0.05) is 6.07 Å². The first-order valence-corrected chi connectivity index (χ1v) is 5.77. The van der Waals surface area contributed by atoms with Gasteiger partial charge in [0, 0.05) is 26.4 Å². The van der Waals surface area contributed by atoms with Crippen molar-refractivity contribution in [2.24, 2.45) is 5.73 Å². The van der Waals surface area contributed by atoms with Gasteiger partial charge in [0.05, 0.1) is 19.8 Å². The van der Waals surface area contributed by atoms with Crippen molar-refractivity contribution >= 4 is 5.91 Å². The summed E-state index contributed by atoms with van der Waals surface area (Å²) in [6.45, 7) is 2.40. The van der Waals surface area contributed by atoms with Crippen LogP contribution in [0.15, 0.2) is 18.3 Å². The molecule has 0 bridgehead atoms. The van der Waals surface area contributed by atoms with E-state index >= 15 is 0 Å². The monoisotopic (exact) mass is 253 g/mol. The number of rotatable bonds is 8. The Balaban J connectivity index is 2.23. The van der Waals surface area contributed by atoms with Crippen LogP contribution in [0.5, 0.6) is 0 Å². The number of aromatic nitrogens is 1. The molecule has 0 unspecified atom stereocenters. The Morgan fingerprint density at radius 1 is 1.39 bits per heavy atom. The summed E-state index contributed by atoms with van der Waals surface area (Å²) in [6, 6.07) is 3.44. The number of amides is 1. The molecule has 0 radical (unpaired) electrons. The lowest BCUT2D eigenvalue weighted by atomic mass is 10.2. The van der Waals surface area contributed by atoms with Gasteiger partial charge in [-0.05, 0) is 11.6 Å². The van der Waals surface area contributed by atoms with Crippen molar-refractivity contribution in [3.05, 3.63) is 29.6 Å². The fraction of sp³-hybridized carbons (Fsp3) is 0.500. The molecule has 0 aliphatic rings. The maximum atomic E-state index is 11.6. The van der Waals surface area contributed by atoms with Gasteiger partial charge in [-0.15, -0.1) is 0 Å². The molecule has 0 aromatic carbocycles. The van der Waals surface area contributed by atoms with Crippen molar-refractivity contribution in [3.63, 3.8) is 0 Å². The Hall–Kier alpha value is -1.50. The molecule has 0 saturated heterocycles. The van der Waals surface area contributed by atoms with E-state index in [1.807, 2.05) is 0 Å². The number of hydrogen-bond donors (Lipinski definition) is 2. The Labute approximate surface area is 106 Å². The summed E-state index contributed by atoms with van der Waals surface area (Å²) in [5, 5.41) is 2.71. The molecule has 0 fully saturated rings. The van der Waals surface area contributed by atoms with Gasteiger partial charge in [-0.25, -0.2) is 0 Å². The van der Waals surface area contributed by atoms with Gasteiger partial charge in [0.2, 0.25) is 0 Å². The second-order valence-electron chi connectivity index (χ2n) is 3.62. The first kappa shape index (κ1) is 14.6. The molecule has 18 heavy (non-hydrogen) atoms. The Morgan fingerprint density at radius 2 is 2.22 bits per heavy atom. The lowest BCUT2D eigenvalue weighted by Crippen LogP contribution is -2.28. The minimum atomic E-state index is -0.214. The fourth-order valence-electron chi connectivity index (χ4n) is 1.25. The van der Waals surface area contributed by atoms with E-state index in [4.69, 9.17) is 15.2 Å². The molecule has 1 amide bonds. The lowest BCUT2D eigenvalue weighted by molar-refractivity contribution is 0.0692. The number of carbonyl (C=O) groups is 1. The zero-order valence-corrected chi connectivity index (χ0v) is 10.5. The molecular formula is C12H19N3O3. The van der Waals surface area contributed by atoms with Crippen LogP contribution < -0.4 is 11.1 Å². The van der Waals surface area contributed by atoms with Crippen LogP contribution in [0.3, 0.4) is 0 Å². The second kappa shape index (κ2) is 8.57. The number of methoxy groups -OCH3 is 1. The van der Waals surface area contributed by atoms with Crippen molar-refractivity contribution in [1.82, 2.24) is 10.3 Å². The number of pyridine rings is 1. The van der Waals surface area contributed by atoms with Crippen LogP contribution in [0.25, 0.3) is 0 Å². The first-order chi connectivity index (χ1) is 8.77. The lowest BCUT2D eigenvalue weighted by Gasteiger charge is -2.06. The number of nitrogens with two attached hydrogens (primary N) is 1. The van der Waals surface area contributed by atoms with Crippen LogP contribution in [0.1, 0.15) is 16.1 Å². The van der Waals surface area contributed by atoms with Gasteiger partial charge in [-0.3, -0.25) is 9.78 Å². The molecule has 0 atom stereocenters. The molecular weight excluding hydrogens is 234 g/mol. The van der Waals surface area contributed by atoms with E-state index in [1.54, 1.807) is 25.4 Å². The topological polar surface area (TPSA) is 86.5 Å². The van der Waals surface area contributed by atoms with E-state index in [-0.39, 0.29) is 5.91 Å². The van der Waals surface area contributed by atoms with E-state index in [0.29, 0.717) is 38.6 Å². The van der Waals surface area contributed by atoms with Gasteiger partial charge in [-0.2, -0.15) is 0 Å². The summed E-state index contributed by atoms with van der Waals surface area (Å²) in [5.74, 6) is -0.214. The fourth-order valence-corrected chi connectivity index (χ4v) is 1.25. The highest BCUT2D eigenvalue weighted by molar-refractivity contribution is 5.92. The Morgan fingerprint density at radius 3 is 2.83 bits per heavy atom. The maximum absolute atomic E-state index is 11.6. The Bertz CT molecular complexity index is 354. The van der Waals surface area contributed by atoms with Crippen LogP contribution in [-0.2, 0) is 16.0 Å². The minimum Gasteiger partial charge on any atom is -0.382 e. The third-order valence-electron chi connectivity index (χ3n) is 2.26. The van der Waals surface area contributed by atoms with Crippen molar-refractivity contribution < 1.29 is 14.3 Å².